The van der Waals surface area contributed by atoms with Crippen molar-refractivity contribution in [1.82, 2.24) is 9.97 Å². The minimum Gasteiger partial charge on any atom is -0.508 e. The molecular weight excluding hydrogens is 352 g/mol. The lowest BCUT2D eigenvalue weighted by Crippen LogP contribution is -2.15. The molecule has 0 atom stereocenters. The van der Waals surface area contributed by atoms with Gasteiger partial charge in [-0.2, -0.15) is 0 Å². The Kier molecular flexibility index (Phi) is 4.94. The van der Waals surface area contributed by atoms with Gasteiger partial charge in [-0.1, -0.05) is 0 Å². The van der Waals surface area contributed by atoms with Gasteiger partial charge in [0.2, 0.25) is 5.95 Å². The number of aliphatic imine (C=N–C) groups is 1. The van der Waals surface area contributed by atoms with Crippen LogP contribution in [0.15, 0.2) is 70.7 Å². The number of phenolic OH excluding ortho intramolecular Hbond substituents is 1. The molecule has 3 rings (SSSR count). The highest BCUT2D eigenvalue weighted by Crippen LogP contribution is 2.18. The third kappa shape index (κ3) is 4.42. The number of nitrogens with one attached hydrogen (secondary N) is 1. The van der Waals surface area contributed by atoms with Crippen LogP contribution in [0.3, 0.4) is 0 Å². The second-order valence-corrected chi connectivity index (χ2v) is 7.15. The summed E-state index contributed by atoms with van der Waals surface area (Å²) in [5.41, 5.74) is 2.08. The van der Waals surface area contributed by atoms with Crippen LogP contribution in [0, 0.1) is 6.92 Å². The molecule has 0 saturated carbocycles. The normalized spacial score (nSPS) is 11.6. The van der Waals surface area contributed by atoms with Crippen molar-refractivity contribution in [1.29, 1.82) is 0 Å². The van der Waals surface area contributed by atoms with Crippen LogP contribution < -0.4 is 4.72 Å². The lowest BCUT2D eigenvalue weighted by molar-refractivity contribution is 0.475. The summed E-state index contributed by atoms with van der Waals surface area (Å²) in [6.45, 7) is 1.75. The molecule has 0 aliphatic rings. The molecule has 8 heteroatoms. The van der Waals surface area contributed by atoms with Gasteiger partial charge in [-0.25, -0.2) is 23.1 Å². The van der Waals surface area contributed by atoms with E-state index >= 15 is 0 Å². The summed E-state index contributed by atoms with van der Waals surface area (Å²) < 4.78 is 27.1. The smallest absolute Gasteiger partial charge is 0.264 e. The van der Waals surface area contributed by atoms with Gasteiger partial charge < -0.3 is 5.11 Å². The van der Waals surface area contributed by atoms with Crippen molar-refractivity contribution in [2.75, 3.05) is 4.72 Å². The van der Waals surface area contributed by atoms with Gasteiger partial charge in [0.05, 0.1) is 10.6 Å². The first kappa shape index (κ1) is 17.6. The van der Waals surface area contributed by atoms with E-state index in [1.54, 1.807) is 55.6 Å². The summed E-state index contributed by atoms with van der Waals surface area (Å²) in [4.78, 5) is 12.3. The molecule has 1 heterocycles. The molecule has 0 spiro atoms. The largest absolute Gasteiger partial charge is 0.508 e. The molecule has 0 bridgehead atoms. The molecule has 0 amide bonds. The van der Waals surface area contributed by atoms with E-state index in [2.05, 4.69) is 19.7 Å². The molecule has 0 unspecified atom stereocenters. The summed E-state index contributed by atoms with van der Waals surface area (Å²) in [6, 6.07) is 14.4. The Morgan fingerprint density at radius 2 is 1.73 bits per heavy atom. The van der Waals surface area contributed by atoms with Crippen LogP contribution in [-0.2, 0) is 10.0 Å². The zero-order chi connectivity index (χ0) is 18.6. The highest BCUT2D eigenvalue weighted by atomic mass is 32.2. The number of nitrogens with zero attached hydrogens (tertiary/aromatic N) is 3. The fraction of sp³-hybridized carbons (Fsp3) is 0.0556. The van der Waals surface area contributed by atoms with Gasteiger partial charge in [-0.15, -0.1) is 0 Å². The predicted octanol–water partition coefficient (Wildman–Crippen LogP) is 3.04. The van der Waals surface area contributed by atoms with Gasteiger partial charge in [0, 0.05) is 18.1 Å². The molecule has 7 nitrogen and oxygen atoms in total. The van der Waals surface area contributed by atoms with Crippen molar-refractivity contribution < 1.29 is 13.5 Å². The molecule has 0 fully saturated rings. The van der Waals surface area contributed by atoms with Crippen LogP contribution >= 0.6 is 0 Å². The molecule has 0 radical (unpaired) electrons. The van der Waals surface area contributed by atoms with Crippen LogP contribution in [0.4, 0.5) is 11.6 Å². The zero-order valence-electron chi connectivity index (χ0n) is 13.9. The molecule has 0 aliphatic carbocycles. The van der Waals surface area contributed by atoms with Crippen LogP contribution in [-0.4, -0.2) is 29.7 Å². The monoisotopic (exact) mass is 368 g/mol. The fourth-order valence-corrected chi connectivity index (χ4v) is 3.05. The van der Waals surface area contributed by atoms with Crippen molar-refractivity contribution in [2.45, 2.75) is 11.8 Å². The Labute approximate surface area is 151 Å². The highest BCUT2D eigenvalue weighted by Gasteiger charge is 2.15. The van der Waals surface area contributed by atoms with E-state index in [4.69, 9.17) is 0 Å². The maximum Gasteiger partial charge on any atom is 0.264 e. The first-order valence-corrected chi connectivity index (χ1v) is 9.16. The second kappa shape index (κ2) is 7.32. The van der Waals surface area contributed by atoms with Crippen molar-refractivity contribution >= 4 is 27.9 Å². The van der Waals surface area contributed by atoms with Crippen LogP contribution in [0.5, 0.6) is 5.75 Å². The van der Waals surface area contributed by atoms with Gasteiger partial charge in [0.15, 0.2) is 0 Å². The molecule has 1 aromatic heterocycles. The Hall–Kier alpha value is -3.26. The Morgan fingerprint density at radius 3 is 2.38 bits per heavy atom. The number of aryl methyl sites for hydroxylation is 1. The molecular formula is C18H16N4O3S. The Morgan fingerprint density at radius 1 is 1.04 bits per heavy atom. The van der Waals surface area contributed by atoms with Crippen LogP contribution in [0.1, 0.15) is 11.3 Å². The van der Waals surface area contributed by atoms with Crippen molar-refractivity contribution in [3.05, 3.63) is 72.1 Å². The molecule has 2 N–H and O–H groups in total. The number of benzene rings is 2. The van der Waals surface area contributed by atoms with E-state index in [9.17, 15) is 13.5 Å². The third-order valence-electron chi connectivity index (χ3n) is 3.42. The minimum absolute atomic E-state index is 0.0272. The lowest BCUT2D eigenvalue weighted by Gasteiger charge is -2.07. The number of rotatable bonds is 5. The molecule has 0 saturated heterocycles. The van der Waals surface area contributed by atoms with Gasteiger partial charge in [-0.05, 0) is 67.1 Å². The van der Waals surface area contributed by atoms with Gasteiger partial charge in [0.25, 0.3) is 10.0 Å². The summed E-state index contributed by atoms with van der Waals surface area (Å²) in [6.07, 6.45) is 3.11. The van der Waals surface area contributed by atoms with E-state index in [1.807, 2.05) is 0 Å². The number of hydrogen-bond acceptors (Lipinski definition) is 6. The van der Waals surface area contributed by atoms with Gasteiger partial charge in [-0.3, -0.25) is 4.99 Å². The summed E-state index contributed by atoms with van der Waals surface area (Å²) >= 11 is 0. The topological polar surface area (TPSA) is 105 Å². The van der Waals surface area contributed by atoms with E-state index in [-0.39, 0.29) is 16.6 Å². The highest BCUT2D eigenvalue weighted by molar-refractivity contribution is 7.92. The van der Waals surface area contributed by atoms with Crippen molar-refractivity contribution in [3.8, 4) is 5.75 Å². The number of sulfonamides is 1. The van der Waals surface area contributed by atoms with E-state index in [0.29, 0.717) is 11.4 Å². The fourth-order valence-electron chi connectivity index (χ4n) is 2.10. The van der Waals surface area contributed by atoms with E-state index < -0.39 is 10.0 Å². The predicted molar refractivity (Wildman–Crippen MR) is 99.4 cm³/mol. The Bertz CT molecular complexity index is 1030. The quantitative estimate of drug-likeness (QED) is 0.674. The maximum atomic E-state index is 12.4. The average Bonchev–Trinajstić information content (AvgIpc) is 2.61. The third-order valence-corrected chi connectivity index (χ3v) is 4.77. The number of hydrogen-bond donors (Lipinski definition) is 2. The first-order valence-electron chi connectivity index (χ1n) is 7.68. The van der Waals surface area contributed by atoms with Crippen molar-refractivity contribution in [3.63, 3.8) is 0 Å². The first-order chi connectivity index (χ1) is 12.4. The van der Waals surface area contributed by atoms with E-state index in [1.165, 1.54) is 18.3 Å². The van der Waals surface area contributed by atoms with Gasteiger partial charge in [0.1, 0.15) is 5.75 Å². The maximum absolute atomic E-state index is 12.4. The van der Waals surface area contributed by atoms with Gasteiger partial charge >= 0.3 is 0 Å². The second-order valence-electron chi connectivity index (χ2n) is 5.47. The summed E-state index contributed by atoms with van der Waals surface area (Å²) in [5.74, 6) is 0.209. The standard InChI is InChI=1S/C18H16N4O3S/c1-13-10-11-19-18(21-13)22-26(24,25)17-8-4-15(5-9-17)20-12-14-2-6-16(23)7-3-14/h2-12,23H,1H3,(H,19,21,22). The summed E-state index contributed by atoms with van der Waals surface area (Å²) in [5, 5.41) is 9.25. The van der Waals surface area contributed by atoms with Crippen LogP contribution in [0.2, 0.25) is 0 Å². The number of aromatic hydroxyl groups is 1. The lowest BCUT2D eigenvalue weighted by atomic mass is 10.2. The Balaban J connectivity index is 1.75. The molecule has 132 valence electrons. The minimum atomic E-state index is -3.77. The molecule has 26 heavy (non-hydrogen) atoms. The molecule has 2 aromatic carbocycles. The number of phenols is 1. The number of aromatic nitrogens is 2. The average molecular weight is 368 g/mol. The van der Waals surface area contributed by atoms with E-state index in [0.717, 1.165) is 5.56 Å². The van der Waals surface area contributed by atoms with Crippen LogP contribution in [0.25, 0.3) is 0 Å². The SMILES string of the molecule is Cc1ccnc(NS(=O)(=O)c2ccc(N=Cc3ccc(O)cc3)cc2)n1. The van der Waals surface area contributed by atoms with Crippen molar-refractivity contribution in [2.24, 2.45) is 4.99 Å². The number of anilines is 1. The zero-order valence-corrected chi connectivity index (χ0v) is 14.7. The molecule has 0 aliphatic heterocycles. The summed E-state index contributed by atoms with van der Waals surface area (Å²) in [7, 11) is -3.77. The molecule has 3 aromatic rings.